The van der Waals surface area contributed by atoms with Crippen molar-refractivity contribution in [2.45, 2.75) is 24.5 Å². The minimum Gasteiger partial charge on any atom is -0.508 e. The fraction of sp³-hybridized carbons (Fsp3) is 0.312. The number of thiophene rings is 1. The molecule has 2 heterocycles. The molecule has 7 rings (SSSR count). The summed E-state index contributed by atoms with van der Waals surface area (Å²) < 4.78 is 7.41. The number of amides is 1. The van der Waals surface area contributed by atoms with Crippen molar-refractivity contribution in [1.29, 1.82) is 0 Å². The third-order valence-electron chi connectivity index (χ3n) is 9.27. The zero-order valence-electron chi connectivity index (χ0n) is 24.4. The molecule has 1 fully saturated rings. The normalized spacial score (nSPS) is 25.1. The van der Waals surface area contributed by atoms with Gasteiger partial charge in [0.2, 0.25) is 11.7 Å². The number of primary amides is 1. The highest BCUT2D eigenvalue weighted by molar-refractivity contribution is 7.17. The molecule has 226 valence electrons. The van der Waals surface area contributed by atoms with Gasteiger partial charge in [0, 0.05) is 46.7 Å². The van der Waals surface area contributed by atoms with Crippen molar-refractivity contribution in [2.75, 3.05) is 33.1 Å². The van der Waals surface area contributed by atoms with Crippen molar-refractivity contribution in [3.8, 4) is 11.5 Å². The number of fused-ring (bicyclic) bond motifs is 6. The van der Waals surface area contributed by atoms with Crippen molar-refractivity contribution >= 4 is 61.4 Å². The fourth-order valence-corrected chi connectivity index (χ4v) is 8.27. The summed E-state index contributed by atoms with van der Waals surface area (Å²) >= 11 is 1.56. The van der Waals surface area contributed by atoms with Crippen LogP contribution in [-0.4, -0.2) is 82.5 Å². The molecule has 11 nitrogen and oxygen atoms in total. The van der Waals surface area contributed by atoms with Gasteiger partial charge in [-0.1, -0.05) is 18.2 Å². The summed E-state index contributed by atoms with van der Waals surface area (Å²) in [6, 6.07) is 8.65. The lowest BCUT2D eigenvalue weighted by Crippen LogP contribution is -2.65. The smallest absolute Gasteiger partial charge is 0.255 e. The molecule has 5 N–H and O–H groups in total. The first kappa shape index (κ1) is 28.3. The van der Waals surface area contributed by atoms with E-state index in [4.69, 9.17) is 15.1 Å². The number of ketones is 2. The first-order chi connectivity index (χ1) is 20.9. The fourth-order valence-electron chi connectivity index (χ4n) is 7.34. The molecule has 1 amide bonds. The van der Waals surface area contributed by atoms with Crippen LogP contribution in [0, 0.1) is 11.8 Å². The molecule has 3 aliphatic carbocycles. The predicted octanol–water partition coefficient (Wildman–Crippen LogP) is 3.35. The quantitative estimate of drug-likeness (QED) is 0.250. The molecular weight excluding hydrogens is 584 g/mol. The molecule has 0 saturated heterocycles. The molecule has 2 aromatic heterocycles. The summed E-state index contributed by atoms with van der Waals surface area (Å²) in [6.45, 7) is 0. The molecule has 2 aromatic carbocycles. The van der Waals surface area contributed by atoms with E-state index >= 15 is 0 Å². The third-order valence-corrected chi connectivity index (χ3v) is 10.2. The van der Waals surface area contributed by atoms with Gasteiger partial charge in [-0.25, -0.2) is 4.98 Å². The molecule has 0 spiro atoms. The first-order valence-corrected chi connectivity index (χ1v) is 15.0. The highest BCUT2D eigenvalue weighted by Gasteiger charge is 2.64. The number of nitrogens with zero attached hydrogens (tertiary/aromatic N) is 3. The topological polar surface area (TPSA) is 170 Å². The highest BCUT2D eigenvalue weighted by atomic mass is 32.1. The number of rotatable bonds is 4. The van der Waals surface area contributed by atoms with Crippen LogP contribution >= 0.6 is 11.3 Å². The van der Waals surface area contributed by atoms with Crippen molar-refractivity contribution in [3.05, 3.63) is 63.7 Å². The van der Waals surface area contributed by atoms with Gasteiger partial charge in [-0.05, 0) is 50.6 Å². The summed E-state index contributed by atoms with van der Waals surface area (Å²) in [6.07, 6.45) is 0.356. The van der Waals surface area contributed by atoms with Crippen LogP contribution in [-0.2, 0) is 20.8 Å². The molecule has 0 radical (unpaired) electrons. The Balaban J connectivity index is 1.47. The standard InChI is InChI=1S/C32H30N4O7S/c1-35(2)19-11-18-27(43-31(34-18)16-12-44-20-8-6-5-7-14(16)20)22-15(19)9-13-10-17-24(36(3)4)26(38)23(30(33)41)29(40)32(17,42)28(39)21(13)25(22)37/h5-8,11-13,17,24,37,40,42H,9-10H2,1-4H3,(H2,33,41)/t13?,17?,24-,32-/m0/s1. The maximum Gasteiger partial charge on any atom is 0.255 e. The number of carbonyl (C=O) groups is 3. The van der Waals surface area contributed by atoms with Gasteiger partial charge >= 0.3 is 0 Å². The van der Waals surface area contributed by atoms with E-state index in [-0.39, 0.29) is 29.6 Å². The van der Waals surface area contributed by atoms with E-state index in [9.17, 15) is 29.7 Å². The van der Waals surface area contributed by atoms with Gasteiger partial charge < -0.3 is 30.4 Å². The Morgan fingerprint density at radius 2 is 1.89 bits per heavy atom. The molecule has 2 unspecified atom stereocenters. The van der Waals surface area contributed by atoms with Crippen LogP contribution in [0.3, 0.4) is 0 Å². The number of anilines is 1. The summed E-state index contributed by atoms with van der Waals surface area (Å²) in [5.74, 6) is -5.81. The maximum absolute atomic E-state index is 14.3. The first-order valence-electron chi connectivity index (χ1n) is 14.1. The van der Waals surface area contributed by atoms with Crippen molar-refractivity contribution in [3.63, 3.8) is 0 Å². The van der Waals surface area contributed by atoms with Crippen LogP contribution in [0.25, 0.3) is 38.4 Å². The SMILES string of the molecule is CN(C)c1cc2nc(-c3csc4ccccc34)oc2c2c1CC1CC3[C@H](N(C)C)C(=O)C(C(N)=O)=C(O)[C@@]3(O)C(=O)C1=C2O. The Bertz CT molecular complexity index is 2020. The number of benzene rings is 2. The molecule has 12 heteroatoms. The number of aliphatic hydroxyl groups is 3. The number of likely N-dealkylation sites (N-methyl/N-ethyl adjacent to an activating group) is 1. The van der Waals surface area contributed by atoms with E-state index in [0.29, 0.717) is 11.4 Å². The Labute approximate surface area is 255 Å². The number of Topliss-reactive ketones (excluding diaryl/α,β-unsaturated/α-hetero) is 2. The molecule has 0 aliphatic heterocycles. The number of nitrogens with two attached hydrogens (primary N) is 1. The summed E-state index contributed by atoms with van der Waals surface area (Å²) in [7, 11) is 6.91. The predicted molar refractivity (Wildman–Crippen MR) is 165 cm³/mol. The van der Waals surface area contributed by atoms with Crippen LogP contribution in [0.1, 0.15) is 17.5 Å². The van der Waals surface area contributed by atoms with E-state index in [1.165, 1.54) is 4.90 Å². The molecular formula is C32H30N4O7S. The van der Waals surface area contributed by atoms with Crippen LogP contribution in [0.4, 0.5) is 5.69 Å². The number of aromatic nitrogens is 1. The average Bonchev–Trinajstić information content (AvgIpc) is 3.58. The Kier molecular flexibility index (Phi) is 6.09. The lowest BCUT2D eigenvalue weighted by Gasteiger charge is -2.50. The molecule has 4 aromatic rings. The number of oxazole rings is 1. The van der Waals surface area contributed by atoms with E-state index in [1.807, 2.05) is 54.7 Å². The average molecular weight is 615 g/mol. The highest BCUT2D eigenvalue weighted by Crippen LogP contribution is 2.53. The Morgan fingerprint density at radius 3 is 2.57 bits per heavy atom. The minimum absolute atomic E-state index is 0.0687. The van der Waals surface area contributed by atoms with Gasteiger partial charge in [-0.2, -0.15) is 0 Å². The second-order valence-electron chi connectivity index (χ2n) is 12.1. The van der Waals surface area contributed by atoms with Gasteiger partial charge in [0.25, 0.3) is 5.91 Å². The second-order valence-corrected chi connectivity index (χ2v) is 13.0. The Morgan fingerprint density at radius 1 is 1.16 bits per heavy atom. The van der Waals surface area contributed by atoms with Crippen LogP contribution < -0.4 is 10.6 Å². The lowest BCUT2D eigenvalue weighted by atomic mass is 9.57. The maximum atomic E-state index is 14.3. The van der Waals surface area contributed by atoms with Crippen LogP contribution in [0.2, 0.25) is 0 Å². The van der Waals surface area contributed by atoms with Gasteiger partial charge in [-0.15, -0.1) is 11.3 Å². The van der Waals surface area contributed by atoms with Gasteiger partial charge in [0.05, 0.1) is 17.2 Å². The van der Waals surface area contributed by atoms with E-state index in [0.717, 1.165) is 26.9 Å². The number of hydrogen-bond acceptors (Lipinski definition) is 11. The Hall–Kier alpha value is -4.52. The van der Waals surface area contributed by atoms with Crippen LogP contribution in [0.15, 0.2) is 57.0 Å². The lowest BCUT2D eigenvalue weighted by molar-refractivity contribution is -0.153. The van der Waals surface area contributed by atoms with E-state index in [1.54, 1.807) is 25.4 Å². The van der Waals surface area contributed by atoms with E-state index < -0.39 is 58.0 Å². The molecule has 4 atom stereocenters. The number of carbonyl (C=O) groups excluding carboxylic acids is 3. The van der Waals surface area contributed by atoms with Gasteiger partial charge in [0.1, 0.15) is 22.6 Å². The minimum atomic E-state index is -2.65. The second kappa shape index (κ2) is 9.49. The largest absolute Gasteiger partial charge is 0.508 e. The number of aliphatic hydroxyl groups excluding tert-OH is 2. The van der Waals surface area contributed by atoms with E-state index in [2.05, 4.69) is 0 Å². The van der Waals surface area contributed by atoms with Crippen molar-refractivity contribution in [2.24, 2.45) is 17.6 Å². The van der Waals surface area contributed by atoms with Crippen molar-refractivity contribution < 1.29 is 34.1 Å². The summed E-state index contributed by atoms with van der Waals surface area (Å²) in [5, 5.41) is 37.9. The monoisotopic (exact) mass is 614 g/mol. The zero-order valence-corrected chi connectivity index (χ0v) is 25.2. The molecule has 3 aliphatic rings. The van der Waals surface area contributed by atoms with Crippen molar-refractivity contribution in [1.82, 2.24) is 9.88 Å². The van der Waals surface area contributed by atoms with Crippen LogP contribution in [0.5, 0.6) is 0 Å². The molecule has 1 saturated carbocycles. The number of hydrogen-bond donors (Lipinski definition) is 4. The summed E-state index contributed by atoms with van der Waals surface area (Å²) in [4.78, 5) is 48.1. The zero-order chi connectivity index (χ0) is 31.4. The van der Waals surface area contributed by atoms with Gasteiger partial charge in [0.15, 0.2) is 17.0 Å². The summed E-state index contributed by atoms with van der Waals surface area (Å²) in [5.41, 5.74) is 5.20. The molecule has 44 heavy (non-hydrogen) atoms. The molecule has 0 bridgehead atoms. The third kappa shape index (κ3) is 3.61. The van der Waals surface area contributed by atoms with Gasteiger partial charge in [-0.3, -0.25) is 19.3 Å².